The summed E-state index contributed by atoms with van der Waals surface area (Å²) in [5, 5.41) is 4.29. The van der Waals surface area contributed by atoms with E-state index in [0.29, 0.717) is 17.1 Å². The molecule has 3 aromatic heterocycles. The lowest BCUT2D eigenvalue weighted by atomic mass is 9.95. The SMILES string of the molecule is COc1ccc2nccc(NC(=O)C3CCN(CCN4C=c5cnsc5=CC4)CC3)c2n1. The molecule has 1 amide bonds. The smallest absolute Gasteiger partial charge is 0.227 e. The number of rotatable bonds is 6. The number of ether oxygens (including phenoxy) is 1. The van der Waals surface area contributed by atoms with Crippen LogP contribution in [0, 0.1) is 5.92 Å². The lowest BCUT2D eigenvalue weighted by Crippen LogP contribution is -2.42. The van der Waals surface area contributed by atoms with Gasteiger partial charge in [-0.15, -0.1) is 0 Å². The number of fused-ring (bicyclic) bond motifs is 2. The number of carbonyl (C=O) groups is 1. The highest BCUT2D eigenvalue weighted by molar-refractivity contribution is 7.03. The second-order valence-electron chi connectivity index (χ2n) is 8.16. The summed E-state index contributed by atoms with van der Waals surface area (Å²) in [6, 6.07) is 5.41. The lowest BCUT2D eigenvalue weighted by molar-refractivity contribution is -0.121. The molecule has 3 aromatic rings. The van der Waals surface area contributed by atoms with Crippen molar-refractivity contribution in [2.24, 2.45) is 5.92 Å². The van der Waals surface area contributed by atoms with Gasteiger partial charge in [0.15, 0.2) is 0 Å². The van der Waals surface area contributed by atoms with Gasteiger partial charge in [0.25, 0.3) is 0 Å². The molecule has 2 aliphatic heterocycles. The first kappa shape index (κ1) is 20.8. The highest BCUT2D eigenvalue weighted by Crippen LogP contribution is 2.24. The molecule has 0 aromatic carbocycles. The van der Waals surface area contributed by atoms with Crippen LogP contribution in [0.15, 0.2) is 30.6 Å². The third-order valence-corrected chi connectivity index (χ3v) is 6.96. The monoisotopic (exact) mass is 450 g/mol. The molecule has 5 rings (SSSR count). The molecule has 5 heterocycles. The zero-order valence-electron chi connectivity index (χ0n) is 18.0. The topological polar surface area (TPSA) is 83.5 Å². The fourth-order valence-electron chi connectivity index (χ4n) is 4.26. The van der Waals surface area contributed by atoms with Crippen LogP contribution in [0.2, 0.25) is 0 Å². The molecule has 1 saturated heterocycles. The predicted molar refractivity (Wildman–Crippen MR) is 126 cm³/mol. The third-order valence-electron chi connectivity index (χ3n) is 6.15. The summed E-state index contributed by atoms with van der Waals surface area (Å²) < 4.78 is 10.7. The summed E-state index contributed by atoms with van der Waals surface area (Å²) in [7, 11) is 1.58. The average molecular weight is 451 g/mol. The van der Waals surface area contributed by atoms with Gasteiger partial charge in [-0.2, -0.15) is 4.37 Å². The average Bonchev–Trinajstić information content (AvgIpc) is 3.31. The number of pyridine rings is 2. The van der Waals surface area contributed by atoms with Gasteiger partial charge in [0, 0.05) is 55.4 Å². The number of anilines is 1. The van der Waals surface area contributed by atoms with Crippen LogP contribution >= 0.6 is 11.5 Å². The van der Waals surface area contributed by atoms with E-state index in [-0.39, 0.29) is 11.8 Å². The second kappa shape index (κ2) is 9.22. The Morgan fingerprint density at radius 1 is 1.25 bits per heavy atom. The molecule has 1 fully saturated rings. The van der Waals surface area contributed by atoms with Crippen LogP contribution in [0.3, 0.4) is 0 Å². The number of piperidine rings is 1. The summed E-state index contributed by atoms with van der Waals surface area (Å²) in [5.74, 6) is 0.567. The normalized spacial score (nSPS) is 16.8. The lowest BCUT2D eigenvalue weighted by Gasteiger charge is -2.33. The minimum Gasteiger partial charge on any atom is -0.481 e. The zero-order chi connectivity index (χ0) is 21.9. The maximum absolute atomic E-state index is 12.9. The van der Waals surface area contributed by atoms with Crippen LogP contribution < -0.4 is 19.8 Å². The molecule has 0 bridgehead atoms. The van der Waals surface area contributed by atoms with Crippen molar-refractivity contribution < 1.29 is 9.53 Å². The number of nitrogens with one attached hydrogen (secondary N) is 1. The molecule has 0 aliphatic carbocycles. The summed E-state index contributed by atoms with van der Waals surface area (Å²) in [4.78, 5) is 26.5. The number of aromatic nitrogens is 3. The van der Waals surface area contributed by atoms with Crippen LogP contribution in [0.1, 0.15) is 12.8 Å². The number of hydrogen-bond acceptors (Lipinski definition) is 8. The Bertz CT molecular complexity index is 1230. The van der Waals surface area contributed by atoms with Crippen molar-refractivity contribution in [3.63, 3.8) is 0 Å². The van der Waals surface area contributed by atoms with Crippen molar-refractivity contribution in [1.29, 1.82) is 0 Å². The highest BCUT2D eigenvalue weighted by atomic mass is 32.1. The van der Waals surface area contributed by atoms with Gasteiger partial charge in [-0.25, -0.2) is 4.98 Å². The number of methoxy groups -OCH3 is 1. The predicted octanol–water partition coefficient (Wildman–Crippen LogP) is 1.28. The van der Waals surface area contributed by atoms with E-state index < -0.39 is 0 Å². The largest absolute Gasteiger partial charge is 0.481 e. The van der Waals surface area contributed by atoms with Crippen LogP contribution in [0.4, 0.5) is 5.69 Å². The summed E-state index contributed by atoms with van der Waals surface area (Å²) >= 11 is 1.55. The highest BCUT2D eigenvalue weighted by Gasteiger charge is 2.25. The Labute approximate surface area is 190 Å². The van der Waals surface area contributed by atoms with Crippen LogP contribution in [0.25, 0.3) is 23.3 Å². The van der Waals surface area contributed by atoms with E-state index in [1.807, 2.05) is 12.3 Å². The molecule has 0 radical (unpaired) electrons. The maximum atomic E-state index is 12.9. The van der Waals surface area contributed by atoms with Crippen molar-refractivity contribution in [2.75, 3.05) is 45.2 Å². The van der Waals surface area contributed by atoms with E-state index in [1.165, 1.54) is 9.75 Å². The first-order chi connectivity index (χ1) is 15.7. The maximum Gasteiger partial charge on any atom is 0.227 e. The standard InChI is InChI=1S/C23H26N6O2S/c1-31-21-3-2-18-22(27-21)19(4-8-24-18)26-23(30)16-5-9-28(10-6-16)12-13-29-11-7-20-17(15-29)14-25-32-20/h2-4,7-8,14-16H,5-6,9-13H2,1H3,(H,24,26,30). The number of likely N-dealkylation sites (tertiary alicyclic amines) is 1. The van der Waals surface area contributed by atoms with Crippen LogP contribution in [-0.2, 0) is 4.79 Å². The van der Waals surface area contributed by atoms with Crippen molar-refractivity contribution >= 4 is 46.4 Å². The quantitative estimate of drug-likeness (QED) is 0.606. The van der Waals surface area contributed by atoms with E-state index >= 15 is 0 Å². The fourth-order valence-corrected chi connectivity index (χ4v) is 4.90. The van der Waals surface area contributed by atoms with E-state index in [1.54, 1.807) is 37.0 Å². The minimum atomic E-state index is 0.00870. The molecule has 166 valence electrons. The molecule has 1 N–H and O–H groups in total. The fraction of sp³-hybridized carbons (Fsp3) is 0.391. The van der Waals surface area contributed by atoms with Gasteiger partial charge >= 0.3 is 0 Å². The molecule has 0 atom stereocenters. The molecule has 2 aliphatic rings. The Hall–Kier alpha value is -3.04. The van der Waals surface area contributed by atoms with Gasteiger partial charge in [-0.05, 0) is 55.7 Å². The van der Waals surface area contributed by atoms with Crippen LogP contribution in [-0.4, -0.2) is 69.9 Å². The van der Waals surface area contributed by atoms with Crippen molar-refractivity contribution in [1.82, 2.24) is 24.1 Å². The molecule has 8 nitrogen and oxygen atoms in total. The Kier molecular flexibility index (Phi) is 6.00. The van der Waals surface area contributed by atoms with Crippen molar-refractivity contribution in [3.8, 4) is 5.88 Å². The molecule has 0 unspecified atom stereocenters. The first-order valence-electron chi connectivity index (χ1n) is 10.9. The van der Waals surface area contributed by atoms with Gasteiger partial charge < -0.3 is 19.9 Å². The van der Waals surface area contributed by atoms with Gasteiger partial charge in [0.1, 0.15) is 5.52 Å². The first-order valence-corrected chi connectivity index (χ1v) is 11.7. The van der Waals surface area contributed by atoms with Crippen molar-refractivity contribution in [2.45, 2.75) is 12.8 Å². The van der Waals surface area contributed by atoms with Gasteiger partial charge in [0.2, 0.25) is 11.8 Å². The number of hydrogen-bond donors (Lipinski definition) is 1. The van der Waals surface area contributed by atoms with Gasteiger partial charge in [-0.1, -0.05) is 0 Å². The Morgan fingerprint density at radius 2 is 2.12 bits per heavy atom. The number of carbonyl (C=O) groups excluding carboxylic acids is 1. The molecule has 9 heteroatoms. The van der Waals surface area contributed by atoms with Gasteiger partial charge in [0.05, 0.1) is 22.8 Å². The third kappa shape index (κ3) is 4.44. The molecular weight excluding hydrogens is 424 g/mol. The Morgan fingerprint density at radius 3 is 2.97 bits per heavy atom. The summed E-state index contributed by atoms with van der Waals surface area (Å²) in [6.07, 6.45) is 9.81. The molecule has 0 saturated carbocycles. The molecular formula is C23H26N6O2S. The molecule has 32 heavy (non-hydrogen) atoms. The molecule has 0 spiro atoms. The van der Waals surface area contributed by atoms with E-state index in [2.05, 4.69) is 41.7 Å². The van der Waals surface area contributed by atoms with Crippen molar-refractivity contribution in [3.05, 3.63) is 40.3 Å². The van der Waals surface area contributed by atoms with E-state index in [0.717, 1.165) is 51.1 Å². The summed E-state index contributed by atoms with van der Waals surface area (Å²) in [6.45, 7) is 4.80. The van der Waals surface area contributed by atoms with E-state index in [4.69, 9.17) is 4.74 Å². The van der Waals surface area contributed by atoms with E-state index in [9.17, 15) is 4.79 Å². The zero-order valence-corrected chi connectivity index (χ0v) is 18.8. The number of amides is 1. The minimum absolute atomic E-state index is 0.00870. The second-order valence-corrected chi connectivity index (χ2v) is 8.99. The summed E-state index contributed by atoms with van der Waals surface area (Å²) in [5.41, 5.74) is 2.06. The van der Waals surface area contributed by atoms with Crippen LogP contribution in [0.5, 0.6) is 5.88 Å². The Balaban J connectivity index is 1.14. The number of nitrogens with zero attached hydrogens (tertiary/aromatic N) is 5. The van der Waals surface area contributed by atoms with Gasteiger partial charge in [-0.3, -0.25) is 9.78 Å².